The summed E-state index contributed by atoms with van der Waals surface area (Å²) in [5, 5.41) is 12.7. The Morgan fingerprint density at radius 1 is 1.18 bits per heavy atom. The van der Waals surface area contributed by atoms with Crippen molar-refractivity contribution in [1.82, 2.24) is 24.9 Å². The lowest BCUT2D eigenvalue weighted by atomic mass is 10.2. The van der Waals surface area contributed by atoms with Crippen LogP contribution in [0.3, 0.4) is 0 Å². The van der Waals surface area contributed by atoms with Crippen LogP contribution in [0.1, 0.15) is 22.5 Å². The number of sulfonamides is 1. The number of primary sulfonamides is 1. The SMILES string of the molecule is Cc1nc2nc(SCC(=O)NCc3ccc(S(N)(=O)=O)cc3)nn2c(C)c1C. The third-order valence-electron chi connectivity index (χ3n) is 4.32. The molecule has 2 heterocycles. The fourth-order valence-electron chi connectivity index (χ4n) is 2.48. The first kappa shape index (κ1) is 20.2. The fraction of sp³-hybridized carbons (Fsp3) is 0.294. The van der Waals surface area contributed by atoms with E-state index in [0.717, 1.165) is 22.5 Å². The van der Waals surface area contributed by atoms with Crippen LogP contribution in [0.15, 0.2) is 34.3 Å². The molecule has 28 heavy (non-hydrogen) atoms. The smallest absolute Gasteiger partial charge is 0.253 e. The van der Waals surface area contributed by atoms with E-state index in [2.05, 4.69) is 20.4 Å². The average molecular weight is 421 g/mol. The molecule has 0 bridgehead atoms. The zero-order valence-corrected chi connectivity index (χ0v) is 17.3. The molecule has 0 aliphatic carbocycles. The van der Waals surface area contributed by atoms with Crippen molar-refractivity contribution in [2.24, 2.45) is 5.14 Å². The standard InChI is InChI=1S/C17H20N6O3S2/c1-10-11(2)20-16-21-17(22-23(16)12(10)3)27-9-15(24)19-8-13-4-6-14(7-5-13)28(18,25)26/h4-7H,8-9H2,1-3H3,(H,19,24)(H2,18,25,26). The highest BCUT2D eigenvalue weighted by Gasteiger charge is 2.13. The lowest BCUT2D eigenvalue weighted by Crippen LogP contribution is -2.24. The van der Waals surface area contributed by atoms with Crippen molar-refractivity contribution >= 4 is 33.5 Å². The molecule has 0 aliphatic rings. The van der Waals surface area contributed by atoms with Gasteiger partial charge in [0.25, 0.3) is 5.78 Å². The number of carbonyl (C=O) groups excluding carboxylic acids is 1. The zero-order valence-electron chi connectivity index (χ0n) is 15.6. The largest absolute Gasteiger partial charge is 0.351 e. The van der Waals surface area contributed by atoms with Crippen molar-refractivity contribution in [1.29, 1.82) is 0 Å². The fourth-order valence-corrected chi connectivity index (χ4v) is 3.64. The van der Waals surface area contributed by atoms with Crippen LogP contribution in [0.2, 0.25) is 0 Å². The van der Waals surface area contributed by atoms with Crippen LogP contribution < -0.4 is 10.5 Å². The van der Waals surface area contributed by atoms with Gasteiger partial charge in [0.05, 0.1) is 10.6 Å². The second-order valence-electron chi connectivity index (χ2n) is 6.27. The van der Waals surface area contributed by atoms with Crippen molar-refractivity contribution in [3.8, 4) is 0 Å². The van der Waals surface area contributed by atoms with Crippen LogP contribution in [0, 0.1) is 20.8 Å². The summed E-state index contributed by atoms with van der Waals surface area (Å²) in [7, 11) is -3.72. The topological polar surface area (TPSA) is 132 Å². The molecule has 3 aromatic rings. The van der Waals surface area contributed by atoms with Crippen LogP contribution >= 0.6 is 11.8 Å². The Balaban J connectivity index is 1.57. The number of thioether (sulfide) groups is 1. The number of aryl methyl sites for hydroxylation is 2. The van der Waals surface area contributed by atoms with Gasteiger partial charge in [-0.05, 0) is 44.0 Å². The minimum atomic E-state index is -3.72. The van der Waals surface area contributed by atoms with Gasteiger partial charge in [-0.25, -0.2) is 23.1 Å². The summed E-state index contributed by atoms with van der Waals surface area (Å²) in [4.78, 5) is 20.9. The Bertz CT molecular complexity index is 1140. The molecular weight excluding hydrogens is 400 g/mol. The first-order valence-corrected chi connectivity index (χ1v) is 10.9. The number of nitrogens with one attached hydrogen (secondary N) is 1. The predicted octanol–water partition coefficient (Wildman–Crippen LogP) is 1.11. The number of nitrogens with zero attached hydrogens (tertiary/aromatic N) is 4. The van der Waals surface area contributed by atoms with E-state index in [4.69, 9.17) is 5.14 Å². The van der Waals surface area contributed by atoms with E-state index in [1.165, 1.54) is 23.9 Å². The van der Waals surface area contributed by atoms with Gasteiger partial charge in [-0.1, -0.05) is 23.9 Å². The lowest BCUT2D eigenvalue weighted by molar-refractivity contribution is -0.118. The number of hydrogen-bond acceptors (Lipinski definition) is 7. The van der Waals surface area contributed by atoms with Crippen LogP contribution in [-0.4, -0.2) is 39.7 Å². The number of fused-ring (bicyclic) bond motifs is 1. The Morgan fingerprint density at radius 2 is 1.86 bits per heavy atom. The van der Waals surface area contributed by atoms with Gasteiger partial charge in [-0.2, -0.15) is 4.98 Å². The maximum atomic E-state index is 12.1. The average Bonchev–Trinajstić information content (AvgIpc) is 3.05. The second kappa shape index (κ2) is 7.86. The van der Waals surface area contributed by atoms with Gasteiger partial charge in [0.2, 0.25) is 21.1 Å². The third-order valence-corrected chi connectivity index (χ3v) is 6.08. The molecule has 0 saturated carbocycles. The monoisotopic (exact) mass is 420 g/mol. The van der Waals surface area contributed by atoms with E-state index in [-0.39, 0.29) is 23.1 Å². The lowest BCUT2D eigenvalue weighted by Gasteiger charge is -2.05. The van der Waals surface area contributed by atoms with E-state index in [1.54, 1.807) is 16.6 Å². The quantitative estimate of drug-likeness (QED) is 0.571. The number of amides is 1. The number of carbonyl (C=O) groups is 1. The summed E-state index contributed by atoms with van der Waals surface area (Å²) in [5.74, 6) is 0.484. The maximum Gasteiger partial charge on any atom is 0.253 e. The van der Waals surface area contributed by atoms with Crippen LogP contribution in [0.25, 0.3) is 5.78 Å². The van der Waals surface area contributed by atoms with Crippen molar-refractivity contribution in [3.63, 3.8) is 0 Å². The first-order valence-electron chi connectivity index (χ1n) is 8.37. The molecule has 0 radical (unpaired) electrons. The summed E-state index contributed by atoms with van der Waals surface area (Å²) in [6.07, 6.45) is 0. The van der Waals surface area contributed by atoms with Gasteiger partial charge in [-0.3, -0.25) is 4.79 Å². The molecule has 0 spiro atoms. The molecule has 0 fully saturated rings. The van der Waals surface area contributed by atoms with Gasteiger partial charge in [0, 0.05) is 17.9 Å². The Labute approximate surface area is 166 Å². The maximum absolute atomic E-state index is 12.1. The molecule has 0 atom stereocenters. The van der Waals surface area contributed by atoms with E-state index < -0.39 is 10.0 Å². The molecule has 3 rings (SSSR count). The number of aromatic nitrogens is 4. The van der Waals surface area contributed by atoms with Gasteiger partial charge >= 0.3 is 0 Å². The van der Waals surface area contributed by atoms with E-state index >= 15 is 0 Å². The molecular formula is C17H20N6O3S2. The molecule has 0 saturated heterocycles. The van der Waals surface area contributed by atoms with Crippen molar-refractivity contribution in [2.75, 3.05) is 5.75 Å². The molecule has 11 heteroatoms. The minimum absolute atomic E-state index is 0.0328. The van der Waals surface area contributed by atoms with E-state index in [1.807, 2.05) is 20.8 Å². The van der Waals surface area contributed by atoms with E-state index in [0.29, 0.717) is 10.9 Å². The summed E-state index contributed by atoms with van der Waals surface area (Å²) in [5.41, 5.74) is 3.69. The number of nitrogens with two attached hydrogens (primary N) is 1. The molecule has 2 aromatic heterocycles. The van der Waals surface area contributed by atoms with Crippen molar-refractivity contribution in [2.45, 2.75) is 37.4 Å². The van der Waals surface area contributed by atoms with Gasteiger partial charge < -0.3 is 5.32 Å². The van der Waals surface area contributed by atoms with Crippen LogP contribution in [-0.2, 0) is 21.4 Å². The highest BCUT2D eigenvalue weighted by Crippen LogP contribution is 2.17. The minimum Gasteiger partial charge on any atom is -0.351 e. The Morgan fingerprint density at radius 3 is 2.50 bits per heavy atom. The molecule has 0 unspecified atom stereocenters. The Kier molecular flexibility index (Phi) is 5.68. The normalized spacial score (nSPS) is 11.7. The predicted molar refractivity (Wildman–Crippen MR) is 105 cm³/mol. The van der Waals surface area contributed by atoms with E-state index in [9.17, 15) is 13.2 Å². The highest BCUT2D eigenvalue weighted by atomic mass is 32.2. The Hall–Kier alpha value is -2.50. The number of rotatable bonds is 6. The molecule has 3 N–H and O–H groups in total. The van der Waals surface area contributed by atoms with Gasteiger partial charge in [0.15, 0.2) is 0 Å². The molecule has 0 aliphatic heterocycles. The number of benzene rings is 1. The summed E-state index contributed by atoms with van der Waals surface area (Å²) < 4.78 is 24.2. The third kappa shape index (κ3) is 4.49. The van der Waals surface area contributed by atoms with Crippen molar-refractivity contribution < 1.29 is 13.2 Å². The molecule has 148 valence electrons. The summed E-state index contributed by atoms with van der Waals surface area (Å²) in [6.45, 7) is 6.14. The van der Waals surface area contributed by atoms with Crippen LogP contribution in [0.4, 0.5) is 0 Å². The molecule has 1 aromatic carbocycles. The van der Waals surface area contributed by atoms with Crippen molar-refractivity contribution in [3.05, 3.63) is 46.8 Å². The summed E-state index contributed by atoms with van der Waals surface area (Å²) >= 11 is 1.22. The molecule has 9 nitrogen and oxygen atoms in total. The summed E-state index contributed by atoms with van der Waals surface area (Å²) in [6, 6.07) is 6.03. The first-order chi connectivity index (χ1) is 13.1. The van der Waals surface area contributed by atoms with Gasteiger partial charge in [-0.15, -0.1) is 5.10 Å². The second-order valence-corrected chi connectivity index (χ2v) is 8.77. The van der Waals surface area contributed by atoms with Gasteiger partial charge in [0.1, 0.15) is 0 Å². The number of hydrogen-bond donors (Lipinski definition) is 2. The zero-order chi connectivity index (χ0) is 20.5. The molecule has 1 amide bonds. The van der Waals surface area contributed by atoms with Crippen LogP contribution in [0.5, 0.6) is 0 Å². The highest BCUT2D eigenvalue weighted by molar-refractivity contribution is 7.99.